The molecule has 0 bridgehead atoms. The summed E-state index contributed by atoms with van der Waals surface area (Å²) in [5, 5.41) is 3.20. The molecule has 0 saturated heterocycles. The lowest BCUT2D eigenvalue weighted by Crippen LogP contribution is -2.42. The van der Waals surface area contributed by atoms with E-state index in [0.29, 0.717) is 12.1 Å². The van der Waals surface area contributed by atoms with Crippen LogP contribution in [0.2, 0.25) is 0 Å². The van der Waals surface area contributed by atoms with Crippen molar-refractivity contribution in [2.75, 3.05) is 0 Å². The van der Waals surface area contributed by atoms with E-state index in [9.17, 15) is 4.79 Å². The molecule has 0 aromatic carbocycles. The molecule has 0 aromatic rings. The van der Waals surface area contributed by atoms with Crippen LogP contribution in [0.25, 0.3) is 0 Å². The second-order valence-electron chi connectivity index (χ2n) is 5.37. The van der Waals surface area contributed by atoms with E-state index in [1.807, 2.05) is 0 Å². The van der Waals surface area contributed by atoms with E-state index in [-0.39, 0.29) is 11.8 Å². The van der Waals surface area contributed by atoms with Crippen molar-refractivity contribution in [2.45, 2.75) is 77.3 Å². The molecular formula is C14H28N2O. The molecule has 1 amide bonds. The summed E-state index contributed by atoms with van der Waals surface area (Å²) in [5.74, 6) is 0.479. The smallest absolute Gasteiger partial charge is 0.223 e. The Balaban J connectivity index is 2.31. The van der Waals surface area contributed by atoms with Crippen LogP contribution in [-0.2, 0) is 4.79 Å². The highest BCUT2D eigenvalue weighted by molar-refractivity contribution is 5.78. The van der Waals surface area contributed by atoms with Gasteiger partial charge in [0.05, 0.1) is 0 Å². The summed E-state index contributed by atoms with van der Waals surface area (Å²) in [6, 6.07) is 0.725. The summed E-state index contributed by atoms with van der Waals surface area (Å²) in [4.78, 5) is 12.1. The average molecular weight is 240 g/mol. The largest absolute Gasteiger partial charge is 0.353 e. The molecule has 1 fully saturated rings. The van der Waals surface area contributed by atoms with Crippen LogP contribution in [0.15, 0.2) is 0 Å². The van der Waals surface area contributed by atoms with Gasteiger partial charge in [-0.25, -0.2) is 0 Å². The first kappa shape index (κ1) is 14.5. The van der Waals surface area contributed by atoms with Gasteiger partial charge in [-0.1, -0.05) is 26.7 Å². The Labute approximate surface area is 106 Å². The van der Waals surface area contributed by atoms with Gasteiger partial charge in [-0.2, -0.15) is 0 Å². The first-order valence-electron chi connectivity index (χ1n) is 7.23. The summed E-state index contributed by atoms with van der Waals surface area (Å²) in [7, 11) is 0. The van der Waals surface area contributed by atoms with Gasteiger partial charge in [0.2, 0.25) is 5.91 Å². The van der Waals surface area contributed by atoms with Gasteiger partial charge in [0.15, 0.2) is 0 Å². The van der Waals surface area contributed by atoms with Gasteiger partial charge in [0, 0.05) is 18.0 Å². The first-order valence-corrected chi connectivity index (χ1v) is 7.23. The Morgan fingerprint density at radius 3 is 2.47 bits per heavy atom. The van der Waals surface area contributed by atoms with E-state index < -0.39 is 0 Å². The number of hydrogen-bond donors (Lipinski definition) is 2. The third-order valence-electron chi connectivity index (χ3n) is 3.89. The van der Waals surface area contributed by atoms with E-state index in [2.05, 4.69) is 19.2 Å². The van der Waals surface area contributed by atoms with Gasteiger partial charge in [0.1, 0.15) is 0 Å². The normalized spacial score (nSPS) is 26.5. The lowest BCUT2D eigenvalue weighted by molar-refractivity contribution is -0.126. The first-order chi connectivity index (χ1) is 8.17. The lowest BCUT2D eigenvalue weighted by atomic mass is 9.90. The average Bonchev–Trinajstić information content (AvgIpc) is 2.33. The zero-order valence-electron chi connectivity index (χ0n) is 11.4. The minimum atomic E-state index is 0.213. The summed E-state index contributed by atoms with van der Waals surface area (Å²) in [6.45, 7) is 4.28. The molecule has 3 N–H and O–H groups in total. The zero-order chi connectivity index (χ0) is 12.7. The third kappa shape index (κ3) is 5.07. The van der Waals surface area contributed by atoms with E-state index in [1.54, 1.807) is 0 Å². The highest BCUT2D eigenvalue weighted by Crippen LogP contribution is 2.19. The maximum Gasteiger partial charge on any atom is 0.223 e. The van der Waals surface area contributed by atoms with E-state index in [0.717, 1.165) is 44.9 Å². The zero-order valence-corrected chi connectivity index (χ0v) is 11.4. The number of nitrogens with one attached hydrogen (secondary N) is 1. The van der Waals surface area contributed by atoms with Crippen LogP contribution in [0.4, 0.5) is 0 Å². The van der Waals surface area contributed by atoms with Gasteiger partial charge in [0.25, 0.3) is 0 Å². The number of unbranched alkanes of at least 4 members (excludes halogenated alkanes) is 1. The fraction of sp³-hybridized carbons (Fsp3) is 0.929. The predicted molar refractivity (Wildman–Crippen MR) is 71.7 cm³/mol. The van der Waals surface area contributed by atoms with Crippen molar-refractivity contribution in [1.82, 2.24) is 5.32 Å². The SMILES string of the molecule is CCCCC(CC)C(=O)NC1CCC(N)CC1. The molecule has 17 heavy (non-hydrogen) atoms. The second-order valence-corrected chi connectivity index (χ2v) is 5.37. The van der Waals surface area contributed by atoms with Crippen molar-refractivity contribution in [3.8, 4) is 0 Å². The molecule has 0 spiro atoms. The van der Waals surface area contributed by atoms with Crippen molar-refractivity contribution < 1.29 is 4.79 Å². The third-order valence-corrected chi connectivity index (χ3v) is 3.89. The molecule has 0 aromatic heterocycles. The van der Waals surface area contributed by atoms with Crippen LogP contribution in [0, 0.1) is 5.92 Å². The van der Waals surface area contributed by atoms with Crippen molar-refractivity contribution in [3.05, 3.63) is 0 Å². The summed E-state index contributed by atoms with van der Waals surface area (Å²) < 4.78 is 0. The molecule has 1 aliphatic carbocycles. The molecular weight excluding hydrogens is 212 g/mol. The Bertz CT molecular complexity index is 222. The number of amides is 1. The van der Waals surface area contributed by atoms with Crippen LogP contribution in [0.5, 0.6) is 0 Å². The number of carbonyl (C=O) groups is 1. The topological polar surface area (TPSA) is 55.1 Å². The monoisotopic (exact) mass is 240 g/mol. The van der Waals surface area contributed by atoms with Crippen LogP contribution in [-0.4, -0.2) is 18.0 Å². The van der Waals surface area contributed by atoms with Gasteiger partial charge in [-0.3, -0.25) is 4.79 Å². The highest BCUT2D eigenvalue weighted by Gasteiger charge is 2.23. The number of nitrogens with two attached hydrogens (primary N) is 1. The minimum Gasteiger partial charge on any atom is -0.353 e. The molecule has 3 heteroatoms. The highest BCUT2D eigenvalue weighted by atomic mass is 16.1. The summed E-state index contributed by atoms with van der Waals surface area (Å²) >= 11 is 0. The van der Waals surface area contributed by atoms with Crippen LogP contribution in [0.3, 0.4) is 0 Å². The van der Waals surface area contributed by atoms with Gasteiger partial charge in [-0.05, 0) is 38.5 Å². The van der Waals surface area contributed by atoms with Gasteiger partial charge >= 0.3 is 0 Å². The van der Waals surface area contributed by atoms with Crippen molar-refractivity contribution in [2.24, 2.45) is 11.7 Å². The molecule has 0 radical (unpaired) electrons. The molecule has 100 valence electrons. The van der Waals surface area contributed by atoms with E-state index in [1.165, 1.54) is 6.42 Å². The number of rotatable bonds is 6. The Morgan fingerprint density at radius 1 is 1.29 bits per heavy atom. The van der Waals surface area contributed by atoms with E-state index >= 15 is 0 Å². The Morgan fingerprint density at radius 2 is 1.94 bits per heavy atom. The van der Waals surface area contributed by atoms with Crippen LogP contribution in [0.1, 0.15) is 65.2 Å². The standard InChI is InChI=1S/C14H28N2O/c1-3-5-6-11(4-2)14(17)16-13-9-7-12(15)8-10-13/h11-13H,3-10,15H2,1-2H3,(H,16,17). The molecule has 3 nitrogen and oxygen atoms in total. The molecule has 0 aliphatic heterocycles. The predicted octanol–water partition coefficient (Wildman–Crippen LogP) is 2.59. The molecule has 1 aliphatic rings. The van der Waals surface area contributed by atoms with E-state index in [4.69, 9.17) is 5.73 Å². The van der Waals surface area contributed by atoms with Gasteiger partial charge in [-0.15, -0.1) is 0 Å². The molecule has 1 saturated carbocycles. The molecule has 1 unspecified atom stereocenters. The van der Waals surface area contributed by atoms with Crippen molar-refractivity contribution in [3.63, 3.8) is 0 Å². The molecule has 1 atom stereocenters. The van der Waals surface area contributed by atoms with Crippen molar-refractivity contribution >= 4 is 5.91 Å². The summed E-state index contributed by atoms with van der Waals surface area (Å²) in [6.07, 6.45) is 8.52. The van der Waals surface area contributed by atoms with Crippen LogP contribution >= 0.6 is 0 Å². The summed E-state index contributed by atoms with van der Waals surface area (Å²) in [5.41, 5.74) is 5.87. The quantitative estimate of drug-likeness (QED) is 0.750. The molecule has 0 heterocycles. The number of hydrogen-bond acceptors (Lipinski definition) is 2. The minimum absolute atomic E-state index is 0.213. The maximum absolute atomic E-state index is 12.1. The second kappa shape index (κ2) is 7.70. The van der Waals surface area contributed by atoms with Gasteiger partial charge < -0.3 is 11.1 Å². The Hall–Kier alpha value is -0.570. The van der Waals surface area contributed by atoms with Crippen molar-refractivity contribution in [1.29, 1.82) is 0 Å². The lowest BCUT2D eigenvalue weighted by Gasteiger charge is -2.28. The fourth-order valence-electron chi connectivity index (χ4n) is 2.55. The molecule has 1 rings (SSSR count). The van der Waals surface area contributed by atoms with Crippen LogP contribution < -0.4 is 11.1 Å². The maximum atomic E-state index is 12.1. The Kier molecular flexibility index (Phi) is 6.56. The fourth-order valence-corrected chi connectivity index (χ4v) is 2.55. The number of carbonyl (C=O) groups excluding carboxylic acids is 1.